The molecule has 0 aromatic heterocycles. The quantitative estimate of drug-likeness (QED) is 0.787. The molecule has 26 heavy (non-hydrogen) atoms. The first kappa shape index (κ1) is 20.6. The summed E-state index contributed by atoms with van der Waals surface area (Å²) in [6, 6.07) is 8.98. The van der Waals surface area contributed by atoms with Gasteiger partial charge in [0.05, 0.1) is 22.0 Å². The van der Waals surface area contributed by atoms with Crippen LogP contribution in [0.3, 0.4) is 0 Å². The number of nitrogens with one attached hydrogen (secondary N) is 1. The Labute approximate surface area is 164 Å². The van der Waals surface area contributed by atoms with Gasteiger partial charge in [-0.3, -0.25) is 9.10 Å². The molecule has 1 atom stereocenters. The molecule has 2 aromatic rings. The van der Waals surface area contributed by atoms with Crippen molar-refractivity contribution < 1.29 is 13.2 Å². The van der Waals surface area contributed by atoms with Gasteiger partial charge >= 0.3 is 0 Å². The minimum Gasteiger partial charge on any atom is -0.324 e. The lowest BCUT2D eigenvalue weighted by atomic mass is 10.1. The van der Waals surface area contributed by atoms with Crippen LogP contribution in [-0.2, 0) is 14.8 Å². The van der Waals surface area contributed by atoms with Crippen molar-refractivity contribution in [3.8, 4) is 0 Å². The van der Waals surface area contributed by atoms with Gasteiger partial charge in [0, 0.05) is 5.69 Å². The van der Waals surface area contributed by atoms with Crippen molar-refractivity contribution in [2.24, 2.45) is 0 Å². The lowest BCUT2D eigenvalue weighted by molar-refractivity contribution is -0.116. The lowest BCUT2D eigenvalue weighted by Gasteiger charge is -2.28. The molecule has 0 aliphatic carbocycles. The number of halogens is 2. The summed E-state index contributed by atoms with van der Waals surface area (Å²) >= 11 is 11.9. The van der Waals surface area contributed by atoms with Crippen LogP contribution in [0.2, 0.25) is 10.0 Å². The third kappa shape index (κ3) is 4.50. The molecule has 2 aromatic carbocycles. The summed E-state index contributed by atoms with van der Waals surface area (Å²) in [5.74, 6) is -0.449. The topological polar surface area (TPSA) is 66.5 Å². The Hall–Kier alpha value is -1.76. The number of amides is 1. The average Bonchev–Trinajstić information content (AvgIpc) is 2.54. The predicted molar refractivity (Wildman–Crippen MR) is 108 cm³/mol. The highest BCUT2D eigenvalue weighted by atomic mass is 35.5. The molecule has 140 valence electrons. The monoisotopic (exact) mass is 414 g/mol. The minimum atomic E-state index is -3.73. The van der Waals surface area contributed by atoms with E-state index in [1.165, 1.54) is 25.1 Å². The molecule has 0 fully saturated rings. The summed E-state index contributed by atoms with van der Waals surface area (Å²) in [7, 11) is -3.73. The number of hydrogen-bond donors (Lipinski definition) is 1. The zero-order chi connectivity index (χ0) is 19.6. The summed E-state index contributed by atoms with van der Waals surface area (Å²) in [6.07, 6.45) is 1.04. The Balaban J connectivity index is 2.37. The number of rotatable bonds is 5. The molecule has 8 heteroatoms. The third-order valence-electron chi connectivity index (χ3n) is 4.11. The maximum atomic E-state index is 12.7. The van der Waals surface area contributed by atoms with Gasteiger partial charge in [-0.2, -0.15) is 0 Å². The SMILES string of the molecule is Cc1cccc(NC(=O)[C@@H](C)N(c2ccc(Cl)c(Cl)c2)S(C)(=O)=O)c1C. The van der Waals surface area contributed by atoms with Gasteiger partial charge in [0.15, 0.2) is 0 Å². The fraction of sp³-hybridized carbons (Fsp3) is 0.278. The van der Waals surface area contributed by atoms with Crippen LogP contribution in [0.1, 0.15) is 18.1 Å². The molecule has 0 saturated heterocycles. The highest BCUT2D eigenvalue weighted by Gasteiger charge is 2.29. The smallest absolute Gasteiger partial charge is 0.248 e. The van der Waals surface area contributed by atoms with E-state index in [-0.39, 0.29) is 10.7 Å². The van der Waals surface area contributed by atoms with E-state index in [4.69, 9.17) is 23.2 Å². The number of carbonyl (C=O) groups excluding carboxylic acids is 1. The summed E-state index contributed by atoms with van der Waals surface area (Å²) in [5, 5.41) is 3.31. The van der Waals surface area contributed by atoms with Crippen molar-refractivity contribution in [1.29, 1.82) is 0 Å². The largest absolute Gasteiger partial charge is 0.324 e. The van der Waals surface area contributed by atoms with Crippen LogP contribution in [0.25, 0.3) is 0 Å². The van der Waals surface area contributed by atoms with Crippen LogP contribution in [0.5, 0.6) is 0 Å². The third-order valence-corrected chi connectivity index (χ3v) is 6.09. The number of nitrogens with zero attached hydrogens (tertiary/aromatic N) is 1. The molecular weight excluding hydrogens is 395 g/mol. The van der Waals surface area contributed by atoms with Gasteiger partial charge in [0.1, 0.15) is 6.04 Å². The van der Waals surface area contributed by atoms with Crippen LogP contribution in [0.4, 0.5) is 11.4 Å². The van der Waals surface area contributed by atoms with E-state index in [0.29, 0.717) is 10.7 Å². The molecule has 5 nitrogen and oxygen atoms in total. The summed E-state index contributed by atoms with van der Waals surface area (Å²) in [5.41, 5.74) is 2.86. The summed E-state index contributed by atoms with van der Waals surface area (Å²) < 4.78 is 25.7. The van der Waals surface area contributed by atoms with Gasteiger partial charge < -0.3 is 5.32 Å². The molecule has 0 spiro atoms. The Morgan fingerprint density at radius 3 is 2.35 bits per heavy atom. The average molecular weight is 415 g/mol. The van der Waals surface area contributed by atoms with Crippen molar-refractivity contribution in [2.75, 3.05) is 15.9 Å². The van der Waals surface area contributed by atoms with Crippen molar-refractivity contribution >= 4 is 50.5 Å². The van der Waals surface area contributed by atoms with Crippen LogP contribution in [0.15, 0.2) is 36.4 Å². The number of aryl methyl sites for hydroxylation is 1. The highest BCUT2D eigenvalue weighted by Crippen LogP contribution is 2.30. The van der Waals surface area contributed by atoms with E-state index in [1.54, 1.807) is 6.07 Å². The first-order chi connectivity index (χ1) is 12.0. The Morgan fingerprint density at radius 2 is 1.77 bits per heavy atom. The Morgan fingerprint density at radius 1 is 1.12 bits per heavy atom. The fourth-order valence-corrected chi connectivity index (χ4v) is 4.01. The van der Waals surface area contributed by atoms with Gasteiger partial charge in [-0.1, -0.05) is 35.3 Å². The normalized spacial score (nSPS) is 12.5. The van der Waals surface area contributed by atoms with E-state index >= 15 is 0 Å². The van der Waals surface area contributed by atoms with Gasteiger partial charge in [-0.05, 0) is 56.2 Å². The van der Waals surface area contributed by atoms with Gasteiger partial charge in [0.25, 0.3) is 0 Å². The van der Waals surface area contributed by atoms with Crippen LogP contribution < -0.4 is 9.62 Å². The van der Waals surface area contributed by atoms with E-state index in [1.807, 2.05) is 26.0 Å². The fourth-order valence-electron chi connectivity index (χ4n) is 2.55. The molecule has 0 heterocycles. The van der Waals surface area contributed by atoms with Crippen molar-refractivity contribution in [3.05, 3.63) is 57.6 Å². The second-order valence-electron chi connectivity index (χ2n) is 6.07. The zero-order valence-corrected chi connectivity index (χ0v) is 17.2. The maximum Gasteiger partial charge on any atom is 0.248 e. The van der Waals surface area contributed by atoms with E-state index < -0.39 is 22.0 Å². The van der Waals surface area contributed by atoms with Gasteiger partial charge in [-0.15, -0.1) is 0 Å². The first-order valence-corrected chi connectivity index (χ1v) is 10.4. The standard InChI is InChI=1S/C18H20Cl2N2O3S/c1-11-6-5-7-17(12(11)2)21-18(23)13(3)22(26(4,24)25)14-8-9-15(19)16(20)10-14/h5-10,13H,1-4H3,(H,21,23)/t13-/m1/s1. The van der Waals surface area contributed by atoms with Crippen molar-refractivity contribution in [3.63, 3.8) is 0 Å². The Bertz CT molecular complexity index is 945. The van der Waals surface area contributed by atoms with E-state index in [0.717, 1.165) is 21.7 Å². The Kier molecular flexibility index (Phi) is 6.21. The molecule has 0 aliphatic heterocycles. The molecule has 0 bridgehead atoms. The summed E-state index contributed by atoms with van der Waals surface area (Å²) in [6.45, 7) is 5.35. The molecule has 0 saturated carbocycles. The van der Waals surface area contributed by atoms with Crippen molar-refractivity contribution in [2.45, 2.75) is 26.8 Å². The minimum absolute atomic E-state index is 0.208. The van der Waals surface area contributed by atoms with Crippen LogP contribution >= 0.6 is 23.2 Å². The molecule has 1 N–H and O–H groups in total. The number of sulfonamides is 1. The second kappa shape index (κ2) is 7.86. The zero-order valence-electron chi connectivity index (χ0n) is 14.9. The van der Waals surface area contributed by atoms with Crippen LogP contribution in [-0.4, -0.2) is 26.6 Å². The molecule has 0 radical (unpaired) electrons. The number of hydrogen-bond acceptors (Lipinski definition) is 3. The lowest BCUT2D eigenvalue weighted by Crippen LogP contribution is -2.45. The molecule has 1 amide bonds. The summed E-state index contributed by atoms with van der Waals surface area (Å²) in [4.78, 5) is 12.7. The van der Waals surface area contributed by atoms with Gasteiger partial charge in [0.2, 0.25) is 15.9 Å². The molecule has 0 aliphatic rings. The van der Waals surface area contributed by atoms with Crippen molar-refractivity contribution in [1.82, 2.24) is 0 Å². The predicted octanol–water partition coefficient (Wildman–Crippen LogP) is 4.40. The van der Waals surface area contributed by atoms with E-state index in [9.17, 15) is 13.2 Å². The molecule has 2 rings (SSSR count). The second-order valence-corrected chi connectivity index (χ2v) is 8.74. The van der Waals surface area contributed by atoms with Crippen LogP contribution in [0, 0.1) is 13.8 Å². The number of benzene rings is 2. The number of carbonyl (C=O) groups is 1. The first-order valence-electron chi connectivity index (χ1n) is 7.84. The number of anilines is 2. The highest BCUT2D eigenvalue weighted by molar-refractivity contribution is 7.92. The van der Waals surface area contributed by atoms with E-state index in [2.05, 4.69) is 5.32 Å². The van der Waals surface area contributed by atoms with Gasteiger partial charge in [-0.25, -0.2) is 8.42 Å². The molecular formula is C18H20Cl2N2O3S. The maximum absolute atomic E-state index is 12.7. The molecule has 0 unspecified atom stereocenters.